The molecular weight excluding hydrogens is 212 g/mol. The second-order valence-corrected chi connectivity index (χ2v) is 5.49. The minimum absolute atomic E-state index is 0.0170. The first-order valence-electron chi connectivity index (χ1n) is 6.61. The molecule has 0 aromatic rings. The molecule has 1 saturated heterocycles. The van der Waals surface area contributed by atoms with Crippen molar-refractivity contribution in [3.8, 4) is 0 Å². The Morgan fingerprint density at radius 2 is 2.00 bits per heavy atom. The van der Waals surface area contributed by atoms with Crippen LogP contribution in [0.3, 0.4) is 0 Å². The third-order valence-electron chi connectivity index (χ3n) is 4.04. The molecule has 2 rings (SSSR count). The Bertz CT molecular complexity index is 365. The van der Waals surface area contributed by atoms with E-state index in [4.69, 9.17) is 4.74 Å². The lowest BCUT2D eigenvalue weighted by Crippen LogP contribution is -2.18. The average Bonchev–Trinajstić information content (AvgIpc) is 2.52. The summed E-state index contributed by atoms with van der Waals surface area (Å²) in [5.41, 5.74) is 2.79. The lowest BCUT2D eigenvalue weighted by molar-refractivity contribution is -0.142. The van der Waals surface area contributed by atoms with E-state index in [1.165, 1.54) is 11.1 Å². The molecule has 94 valence electrons. The molecule has 1 aliphatic carbocycles. The summed E-state index contributed by atoms with van der Waals surface area (Å²) >= 11 is 0. The molecule has 1 heterocycles. The van der Waals surface area contributed by atoms with E-state index in [1.807, 2.05) is 6.92 Å². The maximum absolute atomic E-state index is 11.7. The highest BCUT2D eigenvalue weighted by atomic mass is 16.6. The quantitative estimate of drug-likeness (QED) is 0.472. The molecule has 0 N–H and O–H groups in total. The molecule has 0 spiro atoms. The van der Waals surface area contributed by atoms with Crippen LogP contribution in [0.25, 0.3) is 0 Å². The Balaban J connectivity index is 2.21. The molecule has 2 nitrogen and oxygen atoms in total. The predicted molar refractivity (Wildman–Crippen MR) is 68.5 cm³/mol. The standard InChI is InChI=1S/C15H22O2/c1-10-5-4-6-11(2)9-14-13(8-7-10)12(3)15(16)17-14/h5,9,12-14H,4,6-8H2,1-3H3/b10-5+,11-9?/t12-,13+,14-/m1/s1. The number of allylic oxidation sites excluding steroid dienone is 3. The van der Waals surface area contributed by atoms with Crippen molar-refractivity contribution in [2.45, 2.75) is 52.6 Å². The first-order valence-corrected chi connectivity index (χ1v) is 6.61. The zero-order chi connectivity index (χ0) is 12.4. The smallest absolute Gasteiger partial charge is 0.309 e. The second-order valence-electron chi connectivity index (χ2n) is 5.49. The van der Waals surface area contributed by atoms with Crippen molar-refractivity contribution in [2.24, 2.45) is 11.8 Å². The Hall–Kier alpha value is -1.05. The number of esters is 1. The van der Waals surface area contributed by atoms with Gasteiger partial charge in [-0.15, -0.1) is 0 Å². The van der Waals surface area contributed by atoms with E-state index < -0.39 is 0 Å². The lowest BCUT2D eigenvalue weighted by atomic mass is 9.85. The summed E-state index contributed by atoms with van der Waals surface area (Å²) in [4.78, 5) is 11.7. The van der Waals surface area contributed by atoms with Gasteiger partial charge >= 0.3 is 5.97 Å². The monoisotopic (exact) mass is 234 g/mol. The first kappa shape index (κ1) is 12.4. The van der Waals surface area contributed by atoms with Crippen LogP contribution in [0, 0.1) is 11.8 Å². The van der Waals surface area contributed by atoms with E-state index in [9.17, 15) is 4.79 Å². The summed E-state index contributed by atoms with van der Waals surface area (Å²) in [5.74, 6) is 0.389. The topological polar surface area (TPSA) is 26.3 Å². The molecule has 1 aliphatic heterocycles. The van der Waals surface area contributed by atoms with Gasteiger partial charge in [-0.3, -0.25) is 4.79 Å². The fourth-order valence-electron chi connectivity index (χ4n) is 2.77. The molecular formula is C15H22O2. The normalized spacial score (nSPS) is 37.6. The Kier molecular flexibility index (Phi) is 3.70. The Morgan fingerprint density at radius 1 is 1.24 bits per heavy atom. The largest absolute Gasteiger partial charge is 0.458 e. The van der Waals surface area contributed by atoms with Crippen molar-refractivity contribution in [3.05, 3.63) is 23.3 Å². The van der Waals surface area contributed by atoms with Gasteiger partial charge in [0.05, 0.1) is 5.92 Å². The van der Waals surface area contributed by atoms with Crippen molar-refractivity contribution >= 4 is 5.97 Å². The van der Waals surface area contributed by atoms with Crippen molar-refractivity contribution in [1.29, 1.82) is 0 Å². The van der Waals surface area contributed by atoms with Gasteiger partial charge in [-0.05, 0) is 45.6 Å². The SMILES string of the molecule is CC1=C[C@H]2OC(=O)[C@H](C)[C@@H]2CC/C(C)=C/CC1. The molecule has 2 aliphatic rings. The van der Waals surface area contributed by atoms with Crippen molar-refractivity contribution in [2.75, 3.05) is 0 Å². The van der Waals surface area contributed by atoms with Crippen LogP contribution in [0.1, 0.15) is 46.5 Å². The second kappa shape index (κ2) is 5.07. The van der Waals surface area contributed by atoms with Crippen LogP contribution in [0.15, 0.2) is 23.3 Å². The van der Waals surface area contributed by atoms with Crippen LogP contribution in [0.5, 0.6) is 0 Å². The summed E-state index contributed by atoms with van der Waals surface area (Å²) < 4.78 is 5.48. The van der Waals surface area contributed by atoms with Crippen molar-refractivity contribution in [3.63, 3.8) is 0 Å². The average molecular weight is 234 g/mol. The molecule has 0 bridgehead atoms. The van der Waals surface area contributed by atoms with Gasteiger partial charge < -0.3 is 4.74 Å². The van der Waals surface area contributed by atoms with E-state index in [-0.39, 0.29) is 18.0 Å². The van der Waals surface area contributed by atoms with E-state index in [2.05, 4.69) is 26.0 Å². The molecule has 17 heavy (non-hydrogen) atoms. The Morgan fingerprint density at radius 3 is 2.76 bits per heavy atom. The van der Waals surface area contributed by atoms with Crippen LogP contribution in [0.2, 0.25) is 0 Å². The van der Waals surface area contributed by atoms with Gasteiger partial charge in [0.25, 0.3) is 0 Å². The molecule has 3 atom stereocenters. The van der Waals surface area contributed by atoms with Crippen LogP contribution in [-0.2, 0) is 9.53 Å². The summed E-state index contributed by atoms with van der Waals surface area (Å²) in [6.07, 6.45) is 8.85. The van der Waals surface area contributed by atoms with Gasteiger partial charge in [-0.2, -0.15) is 0 Å². The Labute approximate surface area is 104 Å². The zero-order valence-electron chi connectivity index (χ0n) is 11.0. The number of fused-ring (bicyclic) bond motifs is 1. The molecule has 0 saturated carbocycles. The number of carbonyl (C=O) groups excluding carboxylic acids is 1. The molecule has 0 amide bonds. The molecule has 0 unspecified atom stereocenters. The fraction of sp³-hybridized carbons (Fsp3) is 0.667. The minimum atomic E-state index is -0.0232. The number of ether oxygens (including phenoxy) is 1. The maximum Gasteiger partial charge on any atom is 0.309 e. The maximum atomic E-state index is 11.7. The van der Waals surface area contributed by atoms with Crippen LogP contribution >= 0.6 is 0 Å². The van der Waals surface area contributed by atoms with Gasteiger partial charge in [0.15, 0.2) is 0 Å². The van der Waals surface area contributed by atoms with Gasteiger partial charge in [0.1, 0.15) is 6.10 Å². The lowest BCUT2D eigenvalue weighted by Gasteiger charge is -2.19. The first-order chi connectivity index (χ1) is 8.08. The molecule has 0 radical (unpaired) electrons. The van der Waals surface area contributed by atoms with Crippen LogP contribution in [0.4, 0.5) is 0 Å². The van der Waals surface area contributed by atoms with Crippen molar-refractivity contribution in [1.82, 2.24) is 0 Å². The molecule has 1 fully saturated rings. The van der Waals surface area contributed by atoms with E-state index in [0.29, 0.717) is 5.92 Å². The third-order valence-corrected chi connectivity index (χ3v) is 4.04. The summed E-state index contributed by atoms with van der Waals surface area (Å²) in [7, 11) is 0. The number of hydrogen-bond acceptors (Lipinski definition) is 2. The van der Waals surface area contributed by atoms with Crippen molar-refractivity contribution < 1.29 is 9.53 Å². The summed E-state index contributed by atoms with van der Waals surface area (Å²) in [6, 6.07) is 0. The highest BCUT2D eigenvalue weighted by molar-refractivity contribution is 5.75. The van der Waals surface area contributed by atoms with Gasteiger partial charge in [0.2, 0.25) is 0 Å². The van der Waals surface area contributed by atoms with Gasteiger partial charge in [-0.25, -0.2) is 0 Å². The zero-order valence-corrected chi connectivity index (χ0v) is 11.0. The van der Waals surface area contributed by atoms with Gasteiger partial charge in [0, 0.05) is 5.92 Å². The van der Waals surface area contributed by atoms with Gasteiger partial charge in [-0.1, -0.05) is 24.1 Å². The number of hydrogen-bond donors (Lipinski definition) is 0. The van der Waals surface area contributed by atoms with E-state index in [1.54, 1.807) is 0 Å². The summed E-state index contributed by atoms with van der Waals surface area (Å²) in [6.45, 7) is 6.33. The molecule has 0 aromatic carbocycles. The minimum Gasteiger partial charge on any atom is -0.458 e. The fourth-order valence-corrected chi connectivity index (χ4v) is 2.77. The summed E-state index contributed by atoms with van der Waals surface area (Å²) in [5, 5.41) is 0. The third kappa shape index (κ3) is 2.80. The highest BCUT2D eigenvalue weighted by Gasteiger charge is 2.40. The number of rotatable bonds is 0. The van der Waals surface area contributed by atoms with Crippen LogP contribution in [-0.4, -0.2) is 12.1 Å². The number of carbonyl (C=O) groups is 1. The highest BCUT2D eigenvalue weighted by Crippen LogP contribution is 2.35. The molecule has 2 heteroatoms. The van der Waals surface area contributed by atoms with E-state index >= 15 is 0 Å². The van der Waals surface area contributed by atoms with E-state index in [0.717, 1.165) is 25.7 Å². The molecule has 0 aromatic heterocycles. The predicted octanol–water partition coefficient (Wildman–Crippen LogP) is 3.63. The van der Waals surface area contributed by atoms with Crippen LogP contribution < -0.4 is 0 Å².